The van der Waals surface area contributed by atoms with E-state index >= 15 is 0 Å². The smallest absolute Gasteiger partial charge is 0.314 e. The van der Waals surface area contributed by atoms with Gasteiger partial charge in [-0.1, -0.05) is 30.3 Å². The molecule has 86 valence electrons. The fourth-order valence-electron chi connectivity index (χ4n) is 1.13. The monoisotopic (exact) mass is 251 g/mol. The van der Waals surface area contributed by atoms with Crippen molar-refractivity contribution in [1.29, 1.82) is 0 Å². The highest BCUT2D eigenvalue weighted by molar-refractivity contribution is 7.54. The number of rotatable bonds is 4. The van der Waals surface area contributed by atoms with Crippen LogP contribution in [0.4, 0.5) is 0 Å². The third-order valence-electron chi connectivity index (χ3n) is 1.99. The van der Waals surface area contributed by atoms with E-state index in [2.05, 4.69) is 0 Å². The largest absolute Gasteiger partial charge is 0.351 e. The van der Waals surface area contributed by atoms with E-state index < -0.39 is 13.4 Å². The summed E-state index contributed by atoms with van der Waals surface area (Å²) in [4.78, 5) is 0. The molecule has 1 aromatic carbocycles. The molecule has 0 aliphatic carbocycles. The van der Waals surface area contributed by atoms with Gasteiger partial charge in [-0.3, -0.25) is 4.57 Å². The molecule has 0 saturated heterocycles. The van der Waals surface area contributed by atoms with Gasteiger partial charge in [0.2, 0.25) is 0 Å². The number of halogens is 1. The molecule has 0 amide bonds. The molecule has 0 aliphatic heterocycles. The Bertz CT molecular complexity index is 325. The molecular weight excluding hydrogens is 237 g/mol. The van der Waals surface area contributed by atoms with Gasteiger partial charge in [0.1, 0.15) is 5.78 Å². The highest BCUT2D eigenvalue weighted by Gasteiger charge is 2.31. The maximum Gasteiger partial charge on any atom is 0.351 e. The molecule has 2 N–H and O–H groups in total. The summed E-state index contributed by atoms with van der Waals surface area (Å²) in [5, 5.41) is 0. The summed E-state index contributed by atoms with van der Waals surface area (Å²) >= 11 is 0. The summed E-state index contributed by atoms with van der Waals surface area (Å²) in [5.41, 5.74) is 6.52. The highest BCUT2D eigenvalue weighted by atomic mass is 35.5. The van der Waals surface area contributed by atoms with Crippen molar-refractivity contribution in [2.75, 3.05) is 14.2 Å². The van der Waals surface area contributed by atoms with Crippen LogP contribution in [0.25, 0.3) is 0 Å². The van der Waals surface area contributed by atoms with E-state index in [1.165, 1.54) is 14.2 Å². The van der Waals surface area contributed by atoms with Crippen molar-refractivity contribution >= 4 is 20.0 Å². The molecule has 0 radical (unpaired) electrons. The minimum atomic E-state index is -3.22. The van der Waals surface area contributed by atoms with Crippen LogP contribution in [0.5, 0.6) is 0 Å². The number of nitrogens with two attached hydrogens (primary N) is 1. The first kappa shape index (κ1) is 14.6. The Hall–Kier alpha value is -0.380. The van der Waals surface area contributed by atoms with E-state index in [-0.39, 0.29) is 12.4 Å². The third-order valence-corrected chi connectivity index (χ3v) is 3.99. The Morgan fingerprint density at radius 1 is 1.20 bits per heavy atom. The van der Waals surface area contributed by atoms with Gasteiger partial charge in [-0.2, -0.15) is 0 Å². The maximum absolute atomic E-state index is 11.9. The fraction of sp³-hybridized carbons (Fsp3) is 0.333. The van der Waals surface area contributed by atoms with E-state index in [1.54, 1.807) is 12.1 Å². The lowest BCUT2D eigenvalue weighted by Crippen LogP contribution is -2.12. The Morgan fingerprint density at radius 2 is 1.67 bits per heavy atom. The minimum absolute atomic E-state index is 0. The maximum atomic E-state index is 11.9. The quantitative estimate of drug-likeness (QED) is 0.836. The molecule has 15 heavy (non-hydrogen) atoms. The predicted molar refractivity (Wildman–Crippen MR) is 62.2 cm³/mol. The summed E-state index contributed by atoms with van der Waals surface area (Å²) in [6, 6.07) is 9.08. The van der Waals surface area contributed by atoms with E-state index in [1.807, 2.05) is 18.2 Å². The molecule has 0 spiro atoms. The van der Waals surface area contributed by atoms with Gasteiger partial charge in [-0.25, -0.2) is 0 Å². The van der Waals surface area contributed by atoms with Gasteiger partial charge < -0.3 is 14.8 Å². The molecule has 6 heteroatoms. The Balaban J connectivity index is 0.00000196. The van der Waals surface area contributed by atoms with Crippen LogP contribution >= 0.6 is 20.0 Å². The summed E-state index contributed by atoms with van der Waals surface area (Å²) in [6.07, 6.45) is 0. The zero-order chi connectivity index (χ0) is 10.6. The van der Waals surface area contributed by atoms with Crippen LogP contribution in [0.2, 0.25) is 0 Å². The van der Waals surface area contributed by atoms with Crippen LogP contribution in [-0.4, -0.2) is 14.2 Å². The van der Waals surface area contributed by atoms with Crippen LogP contribution < -0.4 is 5.73 Å². The van der Waals surface area contributed by atoms with Crippen LogP contribution in [0.3, 0.4) is 0 Å². The van der Waals surface area contributed by atoms with E-state index in [0.717, 1.165) is 5.56 Å². The van der Waals surface area contributed by atoms with Gasteiger partial charge in [0.25, 0.3) is 0 Å². The summed E-state index contributed by atoms with van der Waals surface area (Å²) < 4.78 is 21.5. The number of hydrogen-bond acceptors (Lipinski definition) is 4. The topological polar surface area (TPSA) is 61.5 Å². The summed E-state index contributed by atoms with van der Waals surface area (Å²) in [5.74, 6) is -0.737. The van der Waals surface area contributed by atoms with Gasteiger partial charge in [-0.15, -0.1) is 12.4 Å². The average molecular weight is 252 g/mol. The lowest BCUT2D eigenvalue weighted by atomic mass is 10.2. The van der Waals surface area contributed by atoms with Crippen molar-refractivity contribution in [2.45, 2.75) is 5.78 Å². The second-order valence-electron chi connectivity index (χ2n) is 2.76. The van der Waals surface area contributed by atoms with Gasteiger partial charge in [0.05, 0.1) is 0 Å². The normalized spacial score (nSPS) is 13.0. The predicted octanol–water partition coefficient (Wildman–Crippen LogP) is 2.55. The number of hydrogen-bond donors (Lipinski definition) is 1. The standard InChI is InChI=1S/C9H14NO3P.ClH/c1-12-14(11,13-2)9(10)8-6-4-3-5-7-8;/h3-7,9H,10H2,1-2H3;1H. The third kappa shape index (κ3) is 3.30. The van der Waals surface area contributed by atoms with Crippen molar-refractivity contribution in [1.82, 2.24) is 0 Å². The van der Waals surface area contributed by atoms with Gasteiger partial charge in [-0.05, 0) is 5.56 Å². The van der Waals surface area contributed by atoms with E-state index in [4.69, 9.17) is 14.8 Å². The SMILES string of the molecule is COP(=O)(OC)C(N)c1ccccc1.Cl. The molecule has 0 aliphatic rings. The van der Waals surface area contributed by atoms with Crippen LogP contribution in [0.15, 0.2) is 30.3 Å². The fourth-order valence-corrected chi connectivity index (χ4v) is 2.28. The van der Waals surface area contributed by atoms with Crippen molar-refractivity contribution in [3.8, 4) is 0 Å². The van der Waals surface area contributed by atoms with E-state index in [0.29, 0.717) is 0 Å². The highest BCUT2D eigenvalue weighted by Crippen LogP contribution is 2.56. The van der Waals surface area contributed by atoms with Gasteiger partial charge >= 0.3 is 7.60 Å². The van der Waals surface area contributed by atoms with Crippen molar-refractivity contribution in [3.63, 3.8) is 0 Å². The molecule has 0 fully saturated rings. The molecule has 0 bridgehead atoms. The summed E-state index contributed by atoms with van der Waals surface area (Å²) in [7, 11) is -0.563. The molecule has 0 aromatic heterocycles. The van der Waals surface area contributed by atoms with Crippen molar-refractivity contribution in [2.24, 2.45) is 5.73 Å². The lowest BCUT2D eigenvalue weighted by Gasteiger charge is -2.20. The molecule has 0 saturated carbocycles. The average Bonchev–Trinajstić information content (AvgIpc) is 2.28. The van der Waals surface area contributed by atoms with E-state index in [9.17, 15) is 4.57 Å². The Kier molecular flexibility index (Phi) is 6.10. The van der Waals surface area contributed by atoms with Crippen LogP contribution in [-0.2, 0) is 13.6 Å². The zero-order valence-corrected chi connectivity index (χ0v) is 10.3. The van der Waals surface area contributed by atoms with Gasteiger partial charge in [0.15, 0.2) is 0 Å². The molecule has 1 aromatic rings. The van der Waals surface area contributed by atoms with Crippen molar-refractivity contribution in [3.05, 3.63) is 35.9 Å². The minimum Gasteiger partial charge on any atom is -0.314 e. The molecule has 1 rings (SSSR count). The van der Waals surface area contributed by atoms with Gasteiger partial charge in [0, 0.05) is 14.2 Å². The second-order valence-corrected chi connectivity index (χ2v) is 5.13. The first-order valence-corrected chi connectivity index (χ1v) is 5.77. The molecule has 0 heterocycles. The summed E-state index contributed by atoms with van der Waals surface area (Å²) in [6.45, 7) is 0. The molecule has 4 nitrogen and oxygen atoms in total. The molecule has 1 atom stereocenters. The number of benzene rings is 1. The Labute approximate surface area is 95.7 Å². The van der Waals surface area contributed by atoms with Crippen LogP contribution in [0, 0.1) is 0 Å². The molecule has 1 unspecified atom stereocenters. The Morgan fingerprint density at radius 3 is 2.07 bits per heavy atom. The first-order chi connectivity index (χ1) is 6.64. The second kappa shape index (κ2) is 6.26. The zero-order valence-electron chi connectivity index (χ0n) is 8.62. The first-order valence-electron chi connectivity index (χ1n) is 4.16. The van der Waals surface area contributed by atoms with Crippen molar-refractivity contribution < 1.29 is 13.6 Å². The lowest BCUT2D eigenvalue weighted by molar-refractivity contribution is 0.266. The molecular formula is C9H15ClNO3P. The van der Waals surface area contributed by atoms with Crippen LogP contribution in [0.1, 0.15) is 11.3 Å².